The van der Waals surface area contributed by atoms with Gasteiger partial charge in [-0.2, -0.15) is 0 Å². The van der Waals surface area contributed by atoms with Gasteiger partial charge in [-0.1, -0.05) is 47.7 Å². The number of anilines is 1. The van der Waals surface area contributed by atoms with Crippen molar-refractivity contribution in [2.24, 2.45) is 0 Å². The molecule has 0 saturated carbocycles. The van der Waals surface area contributed by atoms with Crippen LogP contribution in [0.3, 0.4) is 0 Å². The molecule has 3 aromatic rings. The summed E-state index contributed by atoms with van der Waals surface area (Å²) in [7, 11) is 1.60. The van der Waals surface area contributed by atoms with Crippen LogP contribution in [0.25, 0.3) is 0 Å². The number of benzene rings is 2. The maximum Gasteiger partial charge on any atom is 0.234 e. The number of nitrogens with one attached hydrogen (secondary N) is 1. The van der Waals surface area contributed by atoms with E-state index in [9.17, 15) is 4.79 Å². The highest BCUT2D eigenvalue weighted by Gasteiger charge is 2.16. The molecule has 0 aliphatic heterocycles. The van der Waals surface area contributed by atoms with Crippen LogP contribution in [0.2, 0.25) is 0 Å². The Balaban J connectivity index is 1.66. The number of ether oxygens (including phenoxy) is 2. The molecule has 0 fully saturated rings. The summed E-state index contributed by atoms with van der Waals surface area (Å²) >= 11 is 1.33. The summed E-state index contributed by atoms with van der Waals surface area (Å²) in [5, 5.41) is 12.2. The summed E-state index contributed by atoms with van der Waals surface area (Å²) in [5.41, 5.74) is 4.13. The molecule has 0 bridgehead atoms. The highest BCUT2D eigenvalue weighted by Crippen LogP contribution is 2.27. The van der Waals surface area contributed by atoms with Crippen LogP contribution >= 0.6 is 11.8 Å². The lowest BCUT2D eigenvalue weighted by Crippen LogP contribution is -2.16. The molecule has 8 heteroatoms. The van der Waals surface area contributed by atoms with Gasteiger partial charge in [0.05, 0.1) is 12.9 Å². The van der Waals surface area contributed by atoms with Crippen molar-refractivity contribution in [2.75, 3.05) is 18.2 Å². The van der Waals surface area contributed by atoms with Crippen LogP contribution in [-0.4, -0.2) is 33.5 Å². The van der Waals surface area contributed by atoms with E-state index in [1.165, 1.54) is 17.3 Å². The van der Waals surface area contributed by atoms with Crippen LogP contribution in [-0.2, 0) is 17.9 Å². The molecule has 7 nitrogen and oxygen atoms in total. The van der Waals surface area contributed by atoms with Crippen molar-refractivity contribution in [3.63, 3.8) is 0 Å². The smallest absolute Gasteiger partial charge is 0.234 e. The number of carbonyl (C=O) groups is 1. The second-order valence-corrected chi connectivity index (χ2v) is 8.29. The number of thioether (sulfide) groups is 1. The second-order valence-electron chi connectivity index (χ2n) is 7.35. The van der Waals surface area contributed by atoms with Crippen LogP contribution in [0.5, 0.6) is 11.5 Å². The molecule has 0 unspecified atom stereocenters. The third kappa shape index (κ3) is 5.70. The molecule has 3 rings (SSSR count). The third-order valence-corrected chi connectivity index (χ3v) is 5.77. The van der Waals surface area contributed by atoms with Crippen molar-refractivity contribution in [3.8, 4) is 11.5 Å². The van der Waals surface area contributed by atoms with Crippen LogP contribution in [0, 0.1) is 20.8 Å². The standard InChI is InChI=1S/C24H28N4O3S/c1-6-11-28-21(14-31-20-10-8-7-9-19(20)30-5)26-27-24(28)32-15-22(29)25-23-17(3)12-16(2)13-18(23)4/h6-10,12-13H,1,11,14-15H2,2-5H3,(H,25,29). The van der Waals surface area contributed by atoms with Gasteiger partial charge in [0, 0.05) is 12.2 Å². The molecule has 0 saturated heterocycles. The number of amides is 1. The maximum absolute atomic E-state index is 12.6. The second kappa shape index (κ2) is 10.9. The number of allylic oxidation sites excluding steroid dienone is 1. The Hall–Kier alpha value is -3.26. The fourth-order valence-corrected chi connectivity index (χ4v) is 4.17. The zero-order valence-corrected chi connectivity index (χ0v) is 19.7. The van der Waals surface area contributed by atoms with Crippen molar-refractivity contribution in [3.05, 3.63) is 71.6 Å². The van der Waals surface area contributed by atoms with Crippen molar-refractivity contribution in [1.29, 1.82) is 0 Å². The molecule has 1 heterocycles. The molecule has 0 aliphatic rings. The first kappa shape index (κ1) is 23.4. The molecular formula is C24H28N4O3S. The monoisotopic (exact) mass is 452 g/mol. The first-order valence-electron chi connectivity index (χ1n) is 10.2. The molecular weight excluding hydrogens is 424 g/mol. The summed E-state index contributed by atoms with van der Waals surface area (Å²) in [6.45, 7) is 10.6. The van der Waals surface area contributed by atoms with Gasteiger partial charge in [-0.25, -0.2) is 0 Å². The lowest BCUT2D eigenvalue weighted by atomic mass is 10.1. The maximum atomic E-state index is 12.6. The summed E-state index contributed by atoms with van der Waals surface area (Å²) in [5.74, 6) is 2.04. The van der Waals surface area contributed by atoms with E-state index in [-0.39, 0.29) is 18.3 Å². The van der Waals surface area contributed by atoms with Crippen molar-refractivity contribution < 1.29 is 14.3 Å². The van der Waals surface area contributed by atoms with Gasteiger partial charge in [-0.05, 0) is 44.0 Å². The minimum absolute atomic E-state index is 0.0926. The van der Waals surface area contributed by atoms with Gasteiger partial charge >= 0.3 is 0 Å². The summed E-state index contributed by atoms with van der Waals surface area (Å²) in [4.78, 5) is 12.6. The number of para-hydroxylation sites is 2. The number of hydrogen-bond acceptors (Lipinski definition) is 6. The average molecular weight is 453 g/mol. The molecule has 1 amide bonds. The van der Waals surface area contributed by atoms with E-state index in [2.05, 4.69) is 34.2 Å². The van der Waals surface area contributed by atoms with Gasteiger partial charge in [0.1, 0.15) is 6.61 Å². The lowest BCUT2D eigenvalue weighted by Gasteiger charge is -2.13. The van der Waals surface area contributed by atoms with Gasteiger partial charge in [0.25, 0.3) is 0 Å². The van der Waals surface area contributed by atoms with E-state index >= 15 is 0 Å². The van der Waals surface area contributed by atoms with E-state index < -0.39 is 0 Å². The number of aryl methyl sites for hydroxylation is 3. The molecule has 1 N–H and O–H groups in total. The summed E-state index contributed by atoms with van der Waals surface area (Å²) in [6.07, 6.45) is 1.76. The first-order valence-corrected chi connectivity index (χ1v) is 11.2. The SMILES string of the molecule is C=CCn1c(COc2ccccc2OC)nnc1SCC(=O)Nc1c(C)cc(C)cc1C. The predicted molar refractivity (Wildman–Crippen MR) is 128 cm³/mol. The van der Waals surface area contributed by atoms with E-state index in [0.717, 1.165) is 16.8 Å². The first-order chi connectivity index (χ1) is 15.4. The Morgan fingerprint density at radius 1 is 1.16 bits per heavy atom. The fourth-order valence-electron chi connectivity index (χ4n) is 3.41. The number of aromatic nitrogens is 3. The van der Waals surface area contributed by atoms with E-state index in [1.807, 2.05) is 49.6 Å². The molecule has 0 radical (unpaired) electrons. The molecule has 0 spiro atoms. The zero-order chi connectivity index (χ0) is 23.1. The number of carbonyl (C=O) groups excluding carboxylic acids is 1. The number of rotatable bonds is 10. The Morgan fingerprint density at radius 2 is 1.84 bits per heavy atom. The molecule has 0 atom stereocenters. The highest BCUT2D eigenvalue weighted by atomic mass is 32.2. The van der Waals surface area contributed by atoms with E-state index in [4.69, 9.17) is 9.47 Å². The largest absolute Gasteiger partial charge is 0.493 e. The Bertz CT molecular complexity index is 1090. The van der Waals surface area contributed by atoms with E-state index in [1.54, 1.807) is 13.2 Å². The topological polar surface area (TPSA) is 78.3 Å². The average Bonchev–Trinajstić information content (AvgIpc) is 3.15. The lowest BCUT2D eigenvalue weighted by molar-refractivity contribution is -0.113. The molecule has 168 valence electrons. The van der Waals surface area contributed by atoms with Crippen LogP contribution in [0.4, 0.5) is 5.69 Å². The van der Waals surface area contributed by atoms with Crippen molar-refractivity contribution >= 4 is 23.4 Å². The zero-order valence-electron chi connectivity index (χ0n) is 18.8. The van der Waals surface area contributed by atoms with Crippen molar-refractivity contribution in [2.45, 2.75) is 39.1 Å². The quantitative estimate of drug-likeness (QED) is 0.355. The Kier molecular flexibility index (Phi) is 7.94. The third-order valence-electron chi connectivity index (χ3n) is 4.80. The van der Waals surface area contributed by atoms with Gasteiger partial charge in [0.15, 0.2) is 22.5 Å². The minimum atomic E-state index is -0.0926. The van der Waals surface area contributed by atoms with Crippen LogP contribution in [0.1, 0.15) is 22.5 Å². The number of nitrogens with zero attached hydrogens (tertiary/aromatic N) is 3. The van der Waals surface area contributed by atoms with Gasteiger partial charge in [-0.3, -0.25) is 9.36 Å². The van der Waals surface area contributed by atoms with Gasteiger partial charge in [0.2, 0.25) is 5.91 Å². The fraction of sp³-hybridized carbons (Fsp3) is 0.292. The number of hydrogen-bond donors (Lipinski definition) is 1. The highest BCUT2D eigenvalue weighted by molar-refractivity contribution is 7.99. The Labute approximate surface area is 192 Å². The van der Waals surface area contributed by atoms with Gasteiger partial charge < -0.3 is 14.8 Å². The molecule has 32 heavy (non-hydrogen) atoms. The molecule has 2 aromatic carbocycles. The van der Waals surface area contributed by atoms with Crippen molar-refractivity contribution in [1.82, 2.24) is 14.8 Å². The number of methoxy groups -OCH3 is 1. The predicted octanol–water partition coefficient (Wildman–Crippen LogP) is 4.71. The van der Waals surface area contributed by atoms with Gasteiger partial charge in [-0.15, -0.1) is 16.8 Å². The minimum Gasteiger partial charge on any atom is -0.493 e. The van der Waals surface area contributed by atoms with Crippen LogP contribution < -0.4 is 14.8 Å². The van der Waals surface area contributed by atoms with Crippen LogP contribution in [0.15, 0.2) is 54.2 Å². The van der Waals surface area contributed by atoms with E-state index in [0.29, 0.717) is 29.0 Å². The normalized spacial score (nSPS) is 10.6. The summed E-state index contributed by atoms with van der Waals surface area (Å²) < 4.78 is 13.1. The molecule has 0 aliphatic carbocycles. The molecule has 1 aromatic heterocycles. The summed E-state index contributed by atoms with van der Waals surface area (Å²) in [6, 6.07) is 11.5. The Morgan fingerprint density at radius 3 is 2.50 bits per heavy atom.